The van der Waals surface area contributed by atoms with Crippen molar-refractivity contribution >= 4 is 11.8 Å². The third-order valence-corrected chi connectivity index (χ3v) is 4.46. The molecule has 0 radical (unpaired) electrons. The lowest BCUT2D eigenvalue weighted by atomic mass is 10.1. The molecule has 1 heterocycles. The van der Waals surface area contributed by atoms with Gasteiger partial charge in [-0.05, 0) is 56.4 Å². The molecule has 0 saturated carbocycles. The van der Waals surface area contributed by atoms with Crippen molar-refractivity contribution in [3.63, 3.8) is 0 Å². The second-order valence-electron chi connectivity index (χ2n) is 6.58. The molecule has 0 aliphatic carbocycles. The quantitative estimate of drug-likeness (QED) is 0.815. The fourth-order valence-electron chi connectivity index (χ4n) is 2.98. The van der Waals surface area contributed by atoms with Crippen molar-refractivity contribution in [1.29, 1.82) is 0 Å². The maximum atomic E-state index is 12.3. The van der Waals surface area contributed by atoms with Crippen molar-refractivity contribution < 1.29 is 14.3 Å². The topological polar surface area (TPSA) is 58.6 Å². The van der Waals surface area contributed by atoms with Gasteiger partial charge in [0.25, 0.3) is 0 Å². The van der Waals surface area contributed by atoms with Gasteiger partial charge in [0.1, 0.15) is 5.75 Å². The van der Waals surface area contributed by atoms with Gasteiger partial charge in [0.05, 0.1) is 6.61 Å². The third kappa shape index (κ3) is 5.55. The van der Waals surface area contributed by atoms with E-state index < -0.39 is 0 Å². The lowest BCUT2D eigenvalue weighted by Gasteiger charge is -2.33. The van der Waals surface area contributed by atoms with Crippen LogP contribution in [0.3, 0.4) is 0 Å². The zero-order valence-electron chi connectivity index (χ0n) is 14.9. The summed E-state index contributed by atoms with van der Waals surface area (Å²) in [5.41, 5.74) is 2.46. The number of piperidine rings is 1. The van der Waals surface area contributed by atoms with Gasteiger partial charge in [0.2, 0.25) is 11.8 Å². The molecule has 132 valence electrons. The molecule has 2 rings (SSSR count). The second-order valence-corrected chi connectivity index (χ2v) is 6.58. The summed E-state index contributed by atoms with van der Waals surface area (Å²) < 4.78 is 5.73. The number of rotatable bonds is 6. The molecular formula is C19H28N2O3. The van der Waals surface area contributed by atoms with Crippen LogP contribution in [0.1, 0.15) is 43.7 Å². The van der Waals surface area contributed by atoms with Gasteiger partial charge in [-0.2, -0.15) is 0 Å². The van der Waals surface area contributed by atoms with Gasteiger partial charge < -0.3 is 15.0 Å². The maximum absolute atomic E-state index is 12.3. The van der Waals surface area contributed by atoms with E-state index in [9.17, 15) is 9.59 Å². The fraction of sp³-hybridized carbons (Fsp3) is 0.579. The van der Waals surface area contributed by atoms with E-state index in [4.69, 9.17) is 4.74 Å². The van der Waals surface area contributed by atoms with Crippen LogP contribution < -0.4 is 10.1 Å². The van der Waals surface area contributed by atoms with Crippen LogP contribution in [0.2, 0.25) is 0 Å². The average Bonchev–Trinajstić information content (AvgIpc) is 2.54. The van der Waals surface area contributed by atoms with Gasteiger partial charge in [0.15, 0.2) is 0 Å². The predicted molar refractivity (Wildman–Crippen MR) is 94.1 cm³/mol. The Morgan fingerprint density at radius 1 is 1.29 bits per heavy atom. The Morgan fingerprint density at radius 3 is 2.79 bits per heavy atom. The number of amides is 2. The molecule has 1 aromatic rings. The average molecular weight is 332 g/mol. The van der Waals surface area contributed by atoms with E-state index in [1.807, 2.05) is 23.1 Å². The van der Waals surface area contributed by atoms with Crippen molar-refractivity contribution in [1.82, 2.24) is 10.2 Å². The number of nitrogens with zero attached hydrogens (tertiary/aromatic N) is 1. The molecule has 5 heteroatoms. The highest BCUT2D eigenvalue weighted by atomic mass is 16.5. The van der Waals surface area contributed by atoms with Crippen molar-refractivity contribution in [2.45, 2.75) is 52.5 Å². The lowest BCUT2D eigenvalue weighted by Crippen LogP contribution is -2.49. The summed E-state index contributed by atoms with van der Waals surface area (Å²) in [4.78, 5) is 25.3. The number of aryl methyl sites for hydroxylation is 2. The van der Waals surface area contributed by atoms with Crippen LogP contribution in [0, 0.1) is 13.8 Å². The minimum absolute atomic E-state index is 0.0314. The second kappa shape index (κ2) is 8.71. The molecule has 24 heavy (non-hydrogen) atoms. The molecule has 5 nitrogen and oxygen atoms in total. The Kier molecular flexibility index (Phi) is 6.64. The molecule has 1 aromatic carbocycles. The molecule has 0 spiro atoms. The first kappa shape index (κ1) is 18.3. The first-order chi connectivity index (χ1) is 11.5. The predicted octanol–water partition coefficient (Wildman–Crippen LogP) is 2.59. The molecule has 1 saturated heterocycles. The summed E-state index contributed by atoms with van der Waals surface area (Å²) in [5.74, 6) is 0.971. The highest BCUT2D eigenvalue weighted by Crippen LogP contribution is 2.17. The minimum Gasteiger partial charge on any atom is -0.494 e. The van der Waals surface area contributed by atoms with Crippen LogP contribution in [0.5, 0.6) is 5.75 Å². The number of nitrogens with one attached hydrogen (secondary N) is 1. The summed E-state index contributed by atoms with van der Waals surface area (Å²) in [6.07, 6.45) is 3.07. The summed E-state index contributed by atoms with van der Waals surface area (Å²) in [6.45, 7) is 7.60. The molecule has 0 aromatic heterocycles. The summed E-state index contributed by atoms with van der Waals surface area (Å²) >= 11 is 0. The summed E-state index contributed by atoms with van der Waals surface area (Å²) in [5, 5.41) is 2.91. The van der Waals surface area contributed by atoms with Crippen LogP contribution in [0.4, 0.5) is 0 Å². The zero-order chi connectivity index (χ0) is 17.5. The van der Waals surface area contributed by atoms with Gasteiger partial charge in [-0.15, -0.1) is 0 Å². The van der Waals surface area contributed by atoms with Gasteiger partial charge in [-0.3, -0.25) is 9.59 Å². The highest BCUT2D eigenvalue weighted by Gasteiger charge is 2.23. The van der Waals surface area contributed by atoms with Crippen molar-refractivity contribution in [3.05, 3.63) is 29.3 Å². The number of carbonyl (C=O) groups is 2. The normalized spacial score (nSPS) is 17.5. The molecule has 1 atom stereocenters. The van der Waals surface area contributed by atoms with Crippen LogP contribution in [-0.2, 0) is 9.59 Å². The van der Waals surface area contributed by atoms with E-state index in [2.05, 4.69) is 19.2 Å². The number of benzene rings is 1. The lowest BCUT2D eigenvalue weighted by molar-refractivity contribution is -0.133. The molecule has 1 fully saturated rings. The smallest absolute Gasteiger partial charge is 0.222 e. The standard InChI is InChI=1S/C19H28N2O3/c1-14-8-9-18(12-15(14)2)24-11-5-7-19(23)21-10-4-6-17(13-21)20-16(3)22/h8-9,12,17H,4-7,10-11,13H2,1-3H3,(H,20,22)/t17-/m0/s1. The number of ether oxygens (including phenoxy) is 1. The Bertz CT molecular complexity index is 586. The molecule has 1 aliphatic heterocycles. The van der Waals surface area contributed by atoms with Crippen molar-refractivity contribution in [2.75, 3.05) is 19.7 Å². The van der Waals surface area contributed by atoms with Crippen LogP contribution in [-0.4, -0.2) is 42.5 Å². The van der Waals surface area contributed by atoms with E-state index in [-0.39, 0.29) is 17.9 Å². The molecule has 1 N–H and O–H groups in total. The van der Waals surface area contributed by atoms with Gasteiger partial charge in [-0.1, -0.05) is 6.07 Å². The van der Waals surface area contributed by atoms with Gasteiger partial charge in [-0.25, -0.2) is 0 Å². The summed E-state index contributed by atoms with van der Waals surface area (Å²) in [7, 11) is 0. The first-order valence-electron chi connectivity index (χ1n) is 8.70. The van der Waals surface area contributed by atoms with E-state index in [1.165, 1.54) is 18.1 Å². The molecule has 0 bridgehead atoms. The number of likely N-dealkylation sites (tertiary alicyclic amines) is 1. The first-order valence-corrected chi connectivity index (χ1v) is 8.70. The molecule has 1 aliphatic rings. The number of hydrogen-bond donors (Lipinski definition) is 1. The maximum Gasteiger partial charge on any atom is 0.222 e. The third-order valence-electron chi connectivity index (χ3n) is 4.46. The van der Waals surface area contributed by atoms with Crippen molar-refractivity contribution in [2.24, 2.45) is 0 Å². The van der Waals surface area contributed by atoms with Crippen LogP contribution in [0.25, 0.3) is 0 Å². The van der Waals surface area contributed by atoms with E-state index in [0.717, 1.165) is 25.1 Å². The van der Waals surface area contributed by atoms with E-state index in [1.54, 1.807) is 0 Å². The molecular weight excluding hydrogens is 304 g/mol. The largest absolute Gasteiger partial charge is 0.494 e. The van der Waals surface area contributed by atoms with E-state index >= 15 is 0 Å². The number of carbonyl (C=O) groups excluding carboxylic acids is 2. The van der Waals surface area contributed by atoms with E-state index in [0.29, 0.717) is 26.0 Å². The SMILES string of the molecule is CC(=O)N[C@H]1CCCN(C(=O)CCCOc2ccc(C)c(C)c2)C1. The Hall–Kier alpha value is -2.04. The monoisotopic (exact) mass is 332 g/mol. The number of hydrogen-bond acceptors (Lipinski definition) is 3. The Labute approximate surface area is 144 Å². The van der Waals surface area contributed by atoms with Crippen LogP contribution >= 0.6 is 0 Å². The fourth-order valence-corrected chi connectivity index (χ4v) is 2.98. The van der Waals surface area contributed by atoms with Crippen LogP contribution in [0.15, 0.2) is 18.2 Å². The minimum atomic E-state index is -0.0314. The van der Waals surface area contributed by atoms with Crippen molar-refractivity contribution in [3.8, 4) is 5.75 Å². The Balaban J connectivity index is 1.70. The summed E-state index contributed by atoms with van der Waals surface area (Å²) in [6, 6.07) is 6.13. The Morgan fingerprint density at radius 2 is 2.08 bits per heavy atom. The zero-order valence-corrected chi connectivity index (χ0v) is 14.9. The van der Waals surface area contributed by atoms with Gasteiger partial charge >= 0.3 is 0 Å². The van der Waals surface area contributed by atoms with Gasteiger partial charge in [0, 0.05) is 32.5 Å². The highest BCUT2D eigenvalue weighted by molar-refractivity contribution is 5.77. The molecule has 2 amide bonds. The molecule has 0 unspecified atom stereocenters.